The Hall–Kier alpha value is 0.175. The monoisotopic (exact) mass is 180 g/mol. The lowest BCUT2D eigenvalue weighted by Crippen LogP contribution is -2.16. The molecule has 1 N–H and O–H groups in total. The van der Waals surface area contributed by atoms with Crippen LogP contribution in [0, 0.1) is 0 Å². The van der Waals surface area contributed by atoms with Gasteiger partial charge in [0, 0.05) is 13.8 Å². The van der Waals surface area contributed by atoms with Crippen LogP contribution in [0.15, 0.2) is 0 Å². The molecule has 0 aliphatic heterocycles. The van der Waals surface area contributed by atoms with Crippen molar-refractivity contribution in [3.63, 3.8) is 0 Å². The van der Waals surface area contributed by atoms with Crippen molar-refractivity contribution in [1.29, 1.82) is 0 Å². The molecule has 0 aromatic heterocycles. The Morgan fingerprint density at radius 1 is 1.73 bits per heavy atom. The Kier molecular flexibility index (Phi) is 5.01. The highest BCUT2D eigenvalue weighted by Gasteiger charge is 2.13. The van der Waals surface area contributed by atoms with E-state index in [1.165, 1.54) is 0 Å². The summed E-state index contributed by atoms with van der Waals surface area (Å²) in [5.41, 5.74) is 0. The molecule has 0 saturated heterocycles. The maximum Gasteiger partial charge on any atom is 0.325 e. The highest BCUT2D eigenvalue weighted by Crippen LogP contribution is 2.36. The lowest BCUT2D eigenvalue weighted by molar-refractivity contribution is 0.0680. The fourth-order valence-corrected chi connectivity index (χ4v) is 1.02. The molecule has 66 valence electrons. The van der Waals surface area contributed by atoms with E-state index in [0.29, 0.717) is 0 Å². The summed E-state index contributed by atoms with van der Waals surface area (Å²) in [4.78, 5) is 8.74. The minimum atomic E-state index is -3.33. The van der Waals surface area contributed by atoms with Crippen LogP contribution < -0.4 is 0 Å². The van der Waals surface area contributed by atoms with E-state index in [2.05, 4.69) is 4.52 Å². The minimum Gasteiger partial charge on any atom is -0.380 e. The normalized spacial score (nSPS) is 19.2. The SMILES string of the molecule is BC[C@@H](COP(C)(=O)O)OC. The van der Waals surface area contributed by atoms with Crippen molar-refractivity contribution >= 4 is 15.4 Å². The average Bonchev–Trinajstić information content (AvgIpc) is 1.88. The molecule has 0 rings (SSSR count). The number of hydrogen-bond acceptors (Lipinski definition) is 3. The highest BCUT2D eigenvalue weighted by atomic mass is 31.2. The first-order valence-electron chi connectivity index (χ1n) is 3.47. The summed E-state index contributed by atoms with van der Waals surface area (Å²) >= 11 is 0. The van der Waals surface area contributed by atoms with Gasteiger partial charge in [-0.2, -0.15) is 0 Å². The minimum absolute atomic E-state index is 0.0876. The lowest BCUT2D eigenvalue weighted by Gasteiger charge is -2.14. The van der Waals surface area contributed by atoms with E-state index >= 15 is 0 Å². The molecule has 0 radical (unpaired) electrons. The van der Waals surface area contributed by atoms with Gasteiger partial charge in [0.2, 0.25) is 0 Å². The van der Waals surface area contributed by atoms with Crippen molar-refractivity contribution in [1.82, 2.24) is 0 Å². The zero-order valence-corrected chi connectivity index (χ0v) is 8.01. The van der Waals surface area contributed by atoms with Crippen LogP contribution in [-0.4, -0.2) is 39.2 Å². The Morgan fingerprint density at radius 3 is 2.55 bits per heavy atom. The Labute approximate surface area is 67.8 Å². The first-order chi connectivity index (χ1) is 4.99. The van der Waals surface area contributed by atoms with Gasteiger partial charge in [-0.05, 0) is 0 Å². The molecule has 0 bridgehead atoms. The molecule has 0 aromatic rings. The molecule has 1 unspecified atom stereocenters. The van der Waals surface area contributed by atoms with Crippen molar-refractivity contribution in [3.8, 4) is 0 Å². The molecule has 2 atom stereocenters. The first kappa shape index (κ1) is 11.2. The lowest BCUT2D eigenvalue weighted by atomic mass is 10.0. The summed E-state index contributed by atoms with van der Waals surface area (Å²) in [6, 6.07) is 0. The molecule has 0 heterocycles. The van der Waals surface area contributed by atoms with Crippen molar-refractivity contribution in [2.24, 2.45) is 0 Å². The van der Waals surface area contributed by atoms with Gasteiger partial charge in [0.1, 0.15) is 7.85 Å². The molecule has 0 fully saturated rings. The van der Waals surface area contributed by atoms with Gasteiger partial charge in [0.05, 0.1) is 12.7 Å². The van der Waals surface area contributed by atoms with Gasteiger partial charge in [-0.1, -0.05) is 6.32 Å². The average molecular weight is 180 g/mol. The molecule has 0 spiro atoms. The van der Waals surface area contributed by atoms with Gasteiger partial charge in [-0.3, -0.25) is 4.57 Å². The summed E-state index contributed by atoms with van der Waals surface area (Å²) < 4.78 is 20.2. The molecule has 4 nitrogen and oxygen atoms in total. The summed E-state index contributed by atoms with van der Waals surface area (Å²) in [5, 5.41) is 0. The number of ether oxygens (including phenoxy) is 1. The molecular weight excluding hydrogens is 166 g/mol. The van der Waals surface area contributed by atoms with Crippen LogP contribution in [0.2, 0.25) is 6.32 Å². The van der Waals surface area contributed by atoms with E-state index in [1.807, 2.05) is 7.85 Å². The van der Waals surface area contributed by atoms with Crippen molar-refractivity contribution in [2.45, 2.75) is 12.4 Å². The molecule has 0 saturated carbocycles. The topological polar surface area (TPSA) is 55.8 Å². The summed E-state index contributed by atoms with van der Waals surface area (Å²) in [7, 11) is 0.151. The van der Waals surface area contributed by atoms with Crippen LogP contribution in [0.1, 0.15) is 0 Å². The molecular formula is C5H14BO4P. The number of rotatable bonds is 5. The van der Waals surface area contributed by atoms with Crippen LogP contribution in [0.25, 0.3) is 0 Å². The van der Waals surface area contributed by atoms with Gasteiger partial charge >= 0.3 is 7.60 Å². The van der Waals surface area contributed by atoms with Gasteiger partial charge < -0.3 is 14.2 Å². The second-order valence-corrected chi connectivity index (χ2v) is 4.23. The fourth-order valence-electron chi connectivity index (χ4n) is 0.574. The number of methoxy groups -OCH3 is 1. The first-order valence-corrected chi connectivity index (χ1v) is 5.49. The Bertz CT molecular complexity index is 141. The van der Waals surface area contributed by atoms with E-state index < -0.39 is 7.60 Å². The van der Waals surface area contributed by atoms with Gasteiger partial charge in [0.15, 0.2) is 0 Å². The van der Waals surface area contributed by atoms with E-state index in [-0.39, 0.29) is 12.7 Å². The molecule has 6 heteroatoms. The third-order valence-corrected chi connectivity index (χ3v) is 1.92. The van der Waals surface area contributed by atoms with Crippen LogP contribution in [0.4, 0.5) is 0 Å². The van der Waals surface area contributed by atoms with E-state index in [0.717, 1.165) is 13.0 Å². The fraction of sp³-hybridized carbons (Fsp3) is 1.00. The van der Waals surface area contributed by atoms with Gasteiger partial charge in [-0.15, -0.1) is 0 Å². The van der Waals surface area contributed by atoms with Gasteiger partial charge in [-0.25, -0.2) is 0 Å². The van der Waals surface area contributed by atoms with E-state index in [4.69, 9.17) is 9.63 Å². The predicted octanol–water partition coefficient (Wildman–Crippen LogP) is -0.115. The summed E-state index contributed by atoms with van der Waals surface area (Å²) in [6.07, 6.45) is 0.687. The number of hydrogen-bond donors (Lipinski definition) is 1. The Morgan fingerprint density at radius 2 is 2.27 bits per heavy atom. The standard InChI is InChI=1S/C5H14BO4P/c1-9-5(3-6)4-10-11(2,7)8/h5H,3-4,6H2,1-2H3,(H,7,8)/t5-/m0/s1. The molecule has 11 heavy (non-hydrogen) atoms. The molecule has 0 aliphatic carbocycles. The van der Waals surface area contributed by atoms with Crippen LogP contribution in [0.5, 0.6) is 0 Å². The zero-order valence-electron chi connectivity index (χ0n) is 7.11. The highest BCUT2D eigenvalue weighted by molar-refractivity contribution is 7.51. The van der Waals surface area contributed by atoms with E-state index in [9.17, 15) is 4.57 Å². The zero-order chi connectivity index (χ0) is 8.91. The van der Waals surface area contributed by atoms with Crippen molar-refractivity contribution in [3.05, 3.63) is 0 Å². The maximum absolute atomic E-state index is 10.6. The molecule has 0 aromatic carbocycles. The second kappa shape index (κ2) is 4.93. The third-order valence-electron chi connectivity index (χ3n) is 1.29. The summed E-state index contributed by atoms with van der Waals surface area (Å²) in [6.45, 7) is 1.34. The van der Waals surface area contributed by atoms with Crippen LogP contribution >= 0.6 is 7.60 Å². The van der Waals surface area contributed by atoms with Crippen molar-refractivity contribution in [2.75, 3.05) is 20.4 Å². The van der Waals surface area contributed by atoms with Crippen molar-refractivity contribution < 1.29 is 18.7 Å². The third kappa shape index (κ3) is 6.57. The smallest absolute Gasteiger partial charge is 0.325 e. The Balaban J connectivity index is 3.59. The van der Waals surface area contributed by atoms with Crippen LogP contribution in [0.3, 0.4) is 0 Å². The maximum atomic E-state index is 10.6. The largest absolute Gasteiger partial charge is 0.380 e. The van der Waals surface area contributed by atoms with Crippen LogP contribution in [-0.2, 0) is 13.8 Å². The van der Waals surface area contributed by atoms with Gasteiger partial charge in [0.25, 0.3) is 0 Å². The second-order valence-electron chi connectivity index (χ2n) is 2.36. The quantitative estimate of drug-likeness (QED) is 0.473. The molecule has 0 amide bonds. The predicted molar refractivity (Wildman–Crippen MR) is 45.8 cm³/mol. The van der Waals surface area contributed by atoms with E-state index in [1.54, 1.807) is 7.11 Å². The summed E-state index contributed by atoms with van der Waals surface area (Å²) in [5.74, 6) is 0. The molecule has 0 aliphatic rings.